The number of rotatable bonds is 1. The van der Waals surface area contributed by atoms with Crippen LogP contribution in [0.2, 0.25) is 0 Å². The smallest absolute Gasteiger partial charge is 0.492 e. The van der Waals surface area contributed by atoms with Gasteiger partial charge in [-0.15, -0.1) is 0 Å². The lowest BCUT2D eigenvalue weighted by Crippen LogP contribution is -2.31. The molecule has 1 aromatic carbocycles. The number of phenolic OH excluding ortho intramolecular Hbond substituents is 1. The van der Waals surface area contributed by atoms with Gasteiger partial charge in [0.05, 0.1) is 4.47 Å². The van der Waals surface area contributed by atoms with E-state index in [0.717, 1.165) is 5.56 Å². The third kappa shape index (κ3) is 2.74. The minimum atomic E-state index is -1.66. The summed E-state index contributed by atoms with van der Waals surface area (Å²) in [6.07, 6.45) is 0. The molecule has 15 heavy (non-hydrogen) atoms. The largest absolute Gasteiger partial charge is 0.507 e. The molecule has 0 aliphatic carbocycles. The van der Waals surface area contributed by atoms with Gasteiger partial charge >= 0.3 is 7.12 Å². The molecule has 0 saturated heterocycles. The van der Waals surface area contributed by atoms with E-state index in [2.05, 4.69) is 15.9 Å². The van der Waals surface area contributed by atoms with Crippen LogP contribution >= 0.6 is 15.9 Å². The van der Waals surface area contributed by atoms with Gasteiger partial charge in [-0.05, 0) is 33.0 Å². The van der Waals surface area contributed by atoms with Crippen molar-refractivity contribution in [1.29, 1.82) is 0 Å². The summed E-state index contributed by atoms with van der Waals surface area (Å²) in [4.78, 5) is 0. The monoisotopic (exact) mass is 272 g/mol. The van der Waals surface area contributed by atoms with Crippen molar-refractivity contribution in [2.24, 2.45) is 0 Å². The van der Waals surface area contributed by atoms with Crippen LogP contribution in [0.1, 0.15) is 26.3 Å². The molecule has 0 atom stereocenters. The summed E-state index contributed by atoms with van der Waals surface area (Å²) < 4.78 is 0.470. The predicted molar refractivity (Wildman–Crippen MR) is 64.3 cm³/mol. The Morgan fingerprint density at radius 2 is 1.73 bits per heavy atom. The lowest BCUT2D eigenvalue weighted by Gasteiger charge is -2.21. The standard InChI is InChI=1S/C10H14BBrO3/c1-10(2,3)6-4-7(11(14)15)9(13)8(12)5-6/h4-5,13-15H,1-3H3. The maximum atomic E-state index is 9.59. The van der Waals surface area contributed by atoms with Crippen molar-refractivity contribution in [3.8, 4) is 5.75 Å². The predicted octanol–water partition coefficient (Wildman–Crippen LogP) is 1.13. The Kier molecular flexibility index (Phi) is 3.48. The van der Waals surface area contributed by atoms with E-state index < -0.39 is 7.12 Å². The van der Waals surface area contributed by atoms with Gasteiger partial charge in [-0.25, -0.2) is 0 Å². The minimum Gasteiger partial charge on any atom is -0.507 e. The lowest BCUT2D eigenvalue weighted by atomic mass is 9.75. The van der Waals surface area contributed by atoms with Crippen molar-refractivity contribution in [2.45, 2.75) is 26.2 Å². The zero-order chi connectivity index (χ0) is 11.8. The minimum absolute atomic E-state index is 0.111. The van der Waals surface area contributed by atoms with E-state index in [4.69, 9.17) is 10.0 Å². The van der Waals surface area contributed by atoms with Crippen LogP contribution in [0.15, 0.2) is 16.6 Å². The first kappa shape index (κ1) is 12.6. The fraction of sp³-hybridized carbons (Fsp3) is 0.400. The maximum absolute atomic E-state index is 9.59. The third-order valence-corrected chi connectivity index (χ3v) is 2.84. The normalized spacial score (nSPS) is 11.6. The van der Waals surface area contributed by atoms with Crippen LogP contribution in [0.25, 0.3) is 0 Å². The molecule has 0 heterocycles. The summed E-state index contributed by atoms with van der Waals surface area (Å²) in [5.74, 6) is -0.127. The van der Waals surface area contributed by atoms with Crippen LogP contribution in [-0.4, -0.2) is 22.3 Å². The molecule has 0 bridgehead atoms. The molecule has 1 rings (SSSR count). The second-order valence-corrected chi connectivity index (χ2v) is 5.37. The van der Waals surface area contributed by atoms with Gasteiger partial charge in [-0.1, -0.05) is 26.8 Å². The Bertz CT molecular complexity index is 372. The van der Waals surface area contributed by atoms with Gasteiger partial charge in [0.2, 0.25) is 0 Å². The van der Waals surface area contributed by atoms with Gasteiger partial charge in [-0.3, -0.25) is 0 Å². The van der Waals surface area contributed by atoms with Gasteiger partial charge in [-0.2, -0.15) is 0 Å². The molecule has 0 aromatic heterocycles. The Morgan fingerprint density at radius 3 is 2.13 bits per heavy atom. The average molecular weight is 273 g/mol. The number of hydrogen-bond donors (Lipinski definition) is 3. The van der Waals surface area contributed by atoms with Gasteiger partial charge in [0.15, 0.2) is 0 Å². The summed E-state index contributed by atoms with van der Waals surface area (Å²) in [7, 11) is -1.66. The Balaban J connectivity index is 3.36. The van der Waals surface area contributed by atoms with Crippen molar-refractivity contribution in [3.63, 3.8) is 0 Å². The summed E-state index contributed by atoms with van der Waals surface area (Å²) in [5.41, 5.74) is 0.935. The second-order valence-electron chi connectivity index (χ2n) is 4.52. The van der Waals surface area contributed by atoms with E-state index in [1.54, 1.807) is 12.1 Å². The highest BCUT2D eigenvalue weighted by atomic mass is 79.9. The van der Waals surface area contributed by atoms with E-state index in [1.807, 2.05) is 20.8 Å². The van der Waals surface area contributed by atoms with Crippen LogP contribution in [0, 0.1) is 0 Å². The average Bonchev–Trinajstić information content (AvgIpc) is 2.06. The van der Waals surface area contributed by atoms with Crippen molar-refractivity contribution < 1.29 is 15.2 Å². The van der Waals surface area contributed by atoms with Crippen LogP contribution in [0.4, 0.5) is 0 Å². The Labute approximate surface area is 98.0 Å². The molecule has 0 radical (unpaired) electrons. The summed E-state index contributed by atoms with van der Waals surface area (Å²) in [5, 5.41) is 27.8. The van der Waals surface area contributed by atoms with Crippen LogP contribution in [0.5, 0.6) is 5.75 Å². The maximum Gasteiger partial charge on any atom is 0.492 e. The molecule has 1 aromatic rings. The first-order valence-electron chi connectivity index (χ1n) is 4.62. The van der Waals surface area contributed by atoms with E-state index in [0.29, 0.717) is 4.47 Å². The quantitative estimate of drug-likeness (QED) is 0.672. The lowest BCUT2D eigenvalue weighted by molar-refractivity contribution is 0.418. The first-order valence-corrected chi connectivity index (χ1v) is 5.42. The van der Waals surface area contributed by atoms with Gasteiger partial charge in [0, 0.05) is 5.46 Å². The fourth-order valence-corrected chi connectivity index (χ4v) is 1.73. The first-order chi connectivity index (χ1) is 6.73. The number of phenols is 1. The SMILES string of the molecule is CC(C)(C)c1cc(Br)c(O)c(B(O)O)c1. The van der Waals surface area contributed by atoms with Gasteiger partial charge in [0.1, 0.15) is 5.75 Å². The molecule has 0 aliphatic heterocycles. The van der Waals surface area contributed by atoms with Crippen molar-refractivity contribution >= 4 is 28.5 Å². The van der Waals surface area contributed by atoms with Crippen LogP contribution in [0.3, 0.4) is 0 Å². The summed E-state index contributed by atoms with van der Waals surface area (Å²) in [6.45, 7) is 6.04. The van der Waals surface area contributed by atoms with Crippen LogP contribution in [-0.2, 0) is 5.41 Å². The molecule has 0 spiro atoms. The van der Waals surface area contributed by atoms with E-state index >= 15 is 0 Å². The molecular weight excluding hydrogens is 259 g/mol. The zero-order valence-corrected chi connectivity index (χ0v) is 10.5. The van der Waals surface area contributed by atoms with Gasteiger partial charge in [0.25, 0.3) is 0 Å². The summed E-state index contributed by atoms with van der Waals surface area (Å²) >= 11 is 3.19. The van der Waals surface area contributed by atoms with E-state index in [-0.39, 0.29) is 16.6 Å². The highest BCUT2D eigenvalue weighted by molar-refractivity contribution is 9.10. The van der Waals surface area contributed by atoms with Crippen molar-refractivity contribution in [2.75, 3.05) is 0 Å². The number of hydrogen-bond acceptors (Lipinski definition) is 3. The van der Waals surface area contributed by atoms with Crippen molar-refractivity contribution in [3.05, 3.63) is 22.2 Å². The summed E-state index contributed by atoms with van der Waals surface area (Å²) in [6, 6.07) is 3.38. The highest BCUT2D eigenvalue weighted by Gasteiger charge is 2.23. The molecular formula is C10H14BBrO3. The zero-order valence-electron chi connectivity index (χ0n) is 8.95. The molecule has 3 nitrogen and oxygen atoms in total. The van der Waals surface area contributed by atoms with E-state index in [9.17, 15) is 5.11 Å². The molecule has 0 saturated carbocycles. The molecule has 0 unspecified atom stereocenters. The second kappa shape index (κ2) is 4.16. The van der Waals surface area contributed by atoms with Gasteiger partial charge < -0.3 is 15.2 Å². The number of aromatic hydroxyl groups is 1. The van der Waals surface area contributed by atoms with E-state index in [1.165, 1.54) is 0 Å². The fourth-order valence-electron chi connectivity index (χ4n) is 1.25. The van der Waals surface area contributed by atoms with Crippen molar-refractivity contribution in [1.82, 2.24) is 0 Å². The molecule has 3 N–H and O–H groups in total. The number of halogens is 1. The molecule has 0 fully saturated rings. The Morgan fingerprint density at radius 1 is 1.20 bits per heavy atom. The number of benzene rings is 1. The van der Waals surface area contributed by atoms with Crippen LogP contribution < -0.4 is 5.46 Å². The topological polar surface area (TPSA) is 60.7 Å². The Hall–Kier alpha value is -0.515. The molecule has 0 amide bonds. The molecule has 82 valence electrons. The highest BCUT2D eigenvalue weighted by Crippen LogP contribution is 2.29. The molecule has 5 heteroatoms. The third-order valence-electron chi connectivity index (χ3n) is 2.24. The molecule has 0 aliphatic rings.